The average molecular weight is 342 g/mol. The summed E-state index contributed by atoms with van der Waals surface area (Å²) in [5.74, 6) is 1.94. The minimum atomic E-state index is -2.88. The topological polar surface area (TPSA) is 51.2 Å². The lowest BCUT2D eigenvalue weighted by Crippen LogP contribution is -2.39. The van der Waals surface area contributed by atoms with Gasteiger partial charge in [0.15, 0.2) is 5.94 Å². The quantitative estimate of drug-likeness (QED) is 0.843. The zero-order chi connectivity index (χ0) is 17.8. The van der Waals surface area contributed by atoms with Gasteiger partial charge in [-0.1, -0.05) is 25.5 Å². The van der Waals surface area contributed by atoms with Gasteiger partial charge in [-0.25, -0.2) is 4.79 Å². The van der Waals surface area contributed by atoms with Gasteiger partial charge < -0.3 is 10.1 Å². The standard InChI is InChI=1S/C19H16F2N2O2/c1-2-3-14-7-4-13-10-22-16(11-24)17(18(13)23-14)12-5-8-15(9-6-12)25-19(20)21/h4-10,19,22H,2-3H2,1H3. The first-order valence-corrected chi connectivity index (χ1v) is 7.90. The van der Waals surface area contributed by atoms with Gasteiger partial charge in [0.05, 0.1) is 5.35 Å². The predicted molar refractivity (Wildman–Crippen MR) is 89.9 cm³/mol. The number of ether oxygens (including phenoxy) is 1. The second-order valence-corrected chi connectivity index (χ2v) is 5.53. The Morgan fingerprint density at radius 1 is 1.20 bits per heavy atom. The molecule has 3 rings (SSSR count). The number of nitrogens with zero attached hydrogens (tertiary/aromatic N) is 1. The molecule has 1 aromatic carbocycles. The van der Waals surface area contributed by atoms with Crippen LogP contribution >= 0.6 is 0 Å². The Morgan fingerprint density at radius 3 is 2.60 bits per heavy atom. The Kier molecular flexibility index (Phi) is 4.91. The van der Waals surface area contributed by atoms with E-state index in [1.165, 1.54) is 12.1 Å². The summed E-state index contributed by atoms with van der Waals surface area (Å²) in [6.45, 7) is -0.813. The molecule has 0 fully saturated rings. The van der Waals surface area contributed by atoms with Crippen molar-refractivity contribution < 1.29 is 18.3 Å². The van der Waals surface area contributed by atoms with E-state index in [9.17, 15) is 13.6 Å². The van der Waals surface area contributed by atoms with E-state index in [1.54, 1.807) is 18.3 Å². The molecule has 4 nitrogen and oxygen atoms in total. The Balaban J connectivity index is 2.18. The Hall–Kier alpha value is -2.98. The lowest BCUT2D eigenvalue weighted by molar-refractivity contribution is -0.0498. The smallest absolute Gasteiger partial charge is 0.387 e. The molecule has 0 spiro atoms. The Labute approximate surface area is 143 Å². The molecule has 0 saturated carbocycles. The molecule has 0 amide bonds. The van der Waals surface area contributed by atoms with Crippen molar-refractivity contribution in [3.63, 3.8) is 0 Å². The molecule has 1 N–H and O–H groups in total. The Bertz CT molecular complexity index is 946. The van der Waals surface area contributed by atoms with Gasteiger partial charge in [0.2, 0.25) is 0 Å². The van der Waals surface area contributed by atoms with E-state index in [4.69, 9.17) is 0 Å². The van der Waals surface area contributed by atoms with Crippen molar-refractivity contribution in [2.45, 2.75) is 26.4 Å². The van der Waals surface area contributed by atoms with E-state index < -0.39 is 6.61 Å². The second kappa shape index (κ2) is 7.28. The fourth-order valence-electron chi connectivity index (χ4n) is 2.73. The summed E-state index contributed by atoms with van der Waals surface area (Å²) in [5, 5.41) is 4.43. The van der Waals surface area contributed by atoms with Crippen LogP contribution in [0.2, 0.25) is 0 Å². The number of carbonyl (C=O) groups excluding carboxylic acids is 1. The van der Waals surface area contributed by atoms with Crippen molar-refractivity contribution in [2.24, 2.45) is 0 Å². The van der Waals surface area contributed by atoms with Gasteiger partial charge in [-0.3, -0.25) is 4.98 Å². The molecular weight excluding hydrogens is 326 g/mol. The third-order valence-electron chi connectivity index (χ3n) is 3.82. The van der Waals surface area contributed by atoms with E-state index >= 15 is 0 Å². The first kappa shape index (κ1) is 16.9. The third-order valence-corrected chi connectivity index (χ3v) is 3.82. The van der Waals surface area contributed by atoms with Crippen LogP contribution in [0.4, 0.5) is 8.78 Å². The van der Waals surface area contributed by atoms with Gasteiger partial charge in [0.25, 0.3) is 0 Å². The number of halogens is 2. The second-order valence-electron chi connectivity index (χ2n) is 5.53. The number of nitrogens with one attached hydrogen (secondary N) is 1. The molecule has 128 valence electrons. The highest BCUT2D eigenvalue weighted by atomic mass is 19.3. The highest BCUT2D eigenvalue weighted by Crippen LogP contribution is 2.22. The van der Waals surface area contributed by atoms with Crippen molar-refractivity contribution in [3.05, 3.63) is 63.9 Å². The number of hydrogen-bond donors (Lipinski definition) is 1. The number of aryl methyl sites for hydroxylation is 1. The number of rotatable bonds is 5. The fraction of sp³-hybridized carbons (Fsp3) is 0.211. The van der Waals surface area contributed by atoms with Crippen LogP contribution in [0.1, 0.15) is 24.6 Å². The maximum atomic E-state index is 12.3. The van der Waals surface area contributed by atoms with Gasteiger partial charge in [-0.15, -0.1) is 0 Å². The van der Waals surface area contributed by atoms with Crippen LogP contribution in [0, 0.1) is 0 Å². The number of fused-ring (bicyclic) bond motifs is 1. The summed E-state index contributed by atoms with van der Waals surface area (Å²) in [6.07, 6.45) is 3.49. The highest BCUT2D eigenvalue weighted by Gasteiger charge is 2.16. The molecule has 0 atom stereocenters. The van der Waals surface area contributed by atoms with E-state index in [0.717, 1.165) is 23.8 Å². The summed E-state index contributed by atoms with van der Waals surface area (Å²) >= 11 is 0. The highest BCUT2D eigenvalue weighted by molar-refractivity contribution is 5.88. The van der Waals surface area contributed by atoms with Gasteiger partial charge in [0.1, 0.15) is 11.4 Å². The van der Waals surface area contributed by atoms with Gasteiger partial charge in [-0.05, 0) is 36.2 Å². The molecule has 6 heteroatoms. The molecule has 2 heterocycles. The molecule has 2 aromatic rings. The maximum Gasteiger partial charge on any atom is 0.387 e. The van der Waals surface area contributed by atoms with Gasteiger partial charge >= 0.3 is 6.61 Å². The van der Waals surface area contributed by atoms with Crippen molar-refractivity contribution in [2.75, 3.05) is 0 Å². The van der Waals surface area contributed by atoms with Crippen LogP contribution < -0.4 is 20.6 Å². The summed E-state index contributed by atoms with van der Waals surface area (Å²) in [5.41, 5.74) is 2.45. The first-order chi connectivity index (χ1) is 12.1. The minimum Gasteiger partial charge on any atom is -0.435 e. The molecule has 1 aliphatic rings. The number of hydrogen-bond acceptors (Lipinski definition) is 4. The third kappa shape index (κ3) is 3.59. The Morgan fingerprint density at radius 2 is 1.96 bits per heavy atom. The van der Waals surface area contributed by atoms with Gasteiger partial charge in [0, 0.05) is 22.7 Å². The maximum absolute atomic E-state index is 12.3. The van der Waals surface area contributed by atoms with Crippen molar-refractivity contribution in [1.82, 2.24) is 10.3 Å². The number of pyridine rings is 1. The van der Waals surface area contributed by atoms with Gasteiger partial charge in [-0.2, -0.15) is 8.78 Å². The number of aromatic nitrogens is 1. The lowest BCUT2D eigenvalue weighted by Gasteiger charge is -2.15. The number of alkyl halides is 2. The van der Waals surface area contributed by atoms with Crippen LogP contribution in [-0.2, 0) is 11.2 Å². The van der Waals surface area contributed by atoms with E-state index in [0.29, 0.717) is 16.5 Å². The molecular formula is C19H16F2N2O2. The molecule has 0 aliphatic carbocycles. The monoisotopic (exact) mass is 342 g/mol. The lowest BCUT2D eigenvalue weighted by atomic mass is 9.99. The molecule has 0 bridgehead atoms. The first-order valence-electron chi connectivity index (χ1n) is 7.90. The molecule has 0 unspecified atom stereocenters. The molecule has 1 aliphatic heterocycles. The van der Waals surface area contributed by atoms with E-state index in [2.05, 4.69) is 22.0 Å². The largest absolute Gasteiger partial charge is 0.435 e. The van der Waals surface area contributed by atoms with Crippen LogP contribution in [0.3, 0.4) is 0 Å². The van der Waals surface area contributed by atoms with Crippen LogP contribution in [0.15, 0.2) is 42.1 Å². The van der Waals surface area contributed by atoms with E-state index in [-0.39, 0.29) is 11.4 Å². The summed E-state index contributed by atoms with van der Waals surface area (Å²) < 4.78 is 29.0. The zero-order valence-corrected chi connectivity index (χ0v) is 13.6. The average Bonchev–Trinajstić information content (AvgIpc) is 2.61. The van der Waals surface area contributed by atoms with Crippen LogP contribution in [0.25, 0.3) is 11.8 Å². The summed E-state index contributed by atoms with van der Waals surface area (Å²) in [7, 11) is 0. The minimum absolute atomic E-state index is 0.0548. The van der Waals surface area contributed by atoms with Crippen molar-refractivity contribution in [3.8, 4) is 5.75 Å². The molecule has 0 saturated heterocycles. The summed E-state index contributed by atoms with van der Waals surface area (Å²) in [4.78, 5) is 16.0. The molecule has 1 aromatic heterocycles. The molecule has 0 radical (unpaired) electrons. The number of allylic oxidation sites excluding steroid dienone is 1. The van der Waals surface area contributed by atoms with E-state index in [1.807, 2.05) is 18.1 Å². The molecule has 25 heavy (non-hydrogen) atoms. The van der Waals surface area contributed by atoms with Crippen LogP contribution in [0.5, 0.6) is 5.75 Å². The normalized spacial score (nSPS) is 13.0. The van der Waals surface area contributed by atoms with Crippen molar-refractivity contribution >= 4 is 17.7 Å². The summed E-state index contributed by atoms with van der Waals surface area (Å²) in [6, 6.07) is 10.0. The van der Waals surface area contributed by atoms with Crippen molar-refractivity contribution in [1.29, 1.82) is 0 Å². The predicted octanol–water partition coefficient (Wildman–Crippen LogP) is 1.89. The fourth-order valence-corrected chi connectivity index (χ4v) is 2.73. The van der Waals surface area contributed by atoms with Crippen LogP contribution in [-0.4, -0.2) is 17.5 Å². The number of benzene rings is 1. The SMILES string of the molecule is CCCc1ccc2c(n1)=C(c1ccc(OC(F)F)cc1)C(=C=O)NC=2. The zero-order valence-electron chi connectivity index (χ0n) is 13.6.